The van der Waals surface area contributed by atoms with Gasteiger partial charge in [0.25, 0.3) is 11.8 Å². The van der Waals surface area contributed by atoms with Crippen LogP contribution in [0.25, 0.3) is 22.3 Å². The van der Waals surface area contributed by atoms with Crippen LogP contribution in [0.2, 0.25) is 0 Å². The first-order valence-electron chi connectivity index (χ1n) is 11.3. The van der Waals surface area contributed by atoms with E-state index in [9.17, 15) is 9.59 Å². The molecule has 0 aliphatic rings. The number of benzene rings is 4. The summed E-state index contributed by atoms with van der Waals surface area (Å²) in [6.07, 6.45) is 0. The molecule has 0 heterocycles. The van der Waals surface area contributed by atoms with Gasteiger partial charge in [-0.2, -0.15) is 0 Å². The Balaban J connectivity index is 1.73. The first-order chi connectivity index (χ1) is 16.6. The summed E-state index contributed by atoms with van der Waals surface area (Å²) in [7, 11) is 0. The monoisotopic (exact) mass is 526 g/mol. The van der Waals surface area contributed by atoms with Gasteiger partial charge in [0.2, 0.25) is 0 Å². The number of rotatable bonds is 5. The minimum Gasteiger partial charge on any atom is -0.366 e. The first kappa shape index (κ1) is 24.4. The molecule has 0 radical (unpaired) electrons. The van der Waals surface area contributed by atoms with Crippen LogP contribution in [-0.4, -0.2) is 11.8 Å². The lowest BCUT2D eigenvalue weighted by molar-refractivity contribution is 0.100. The Bertz CT molecular complexity index is 1370. The molecule has 5 heteroatoms. The Morgan fingerprint density at radius 2 is 1.34 bits per heavy atom. The van der Waals surface area contributed by atoms with Crippen LogP contribution >= 0.6 is 15.9 Å². The Morgan fingerprint density at radius 1 is 0.771 bits per heavy atom. The van der Waals surface area contributed by atoms with E-state index >= 15 is 0 Å². The van der Waals surface area contributed by atoms with Crippen molar-refractivity contribution in [3.8, 4) is 22.3 Å². The number of hydrogen-bond donors (Lipinski definition) is 2. The van der Waals surface area contributed by atoms with Crippen molar-refractivity contribution in [2.45, 2.75) is 26.2 Å². The molecule has 0 aliphatic heterocycles. The van der Waals surface area contributed by atoms with Crippen molar-refractivity contribution in [1.82, 2.24) is 0 Å². The van der Waals surface area contributed by atoms with Crippen LogP contribution in [0.5, 0.6) is 0 Å². The van der Waals surface area contributed by atoms with Gasteiger partial charge in [0.05, 0.1) is 11.3 Å². The second kappa shape index (κ2) is 9.88. The lowest BCUT2D eigenvalue weighted by Gasteiger charge is -2.19. The maximum atomic E-state index is 13.2. The summed E-state index contributed by atoms with van der Waals surface area (Å²) >= 11 is 3.48. The molecule has 0 bridgehead atoms. The van der Waals surface area contributed by atoms with Crippen molar-refractivity contribution >= 4 is 33.4 Å². The third kappa shape index (κ3) is 5.52. The Kier molecular flexibility index (Phi) is 6.90. The van der Waals surface area contributed by atoms with Gasteiger partial charge in [-0.3, -0.25) is 9.59 Å². The van der Waals surface area contributed by atoms with E-state index in [0.29, 0.717) is 21.3 Å². The average Bonchev–Trinajstić information content (AvgIpc) is 2.85. The van der Waals surface area contributed by atoms with E-state index in [0.717, 1.165) is 22.3 Å². The Hall–Kier alpha value is -3.70. The summed E-state index contributed by atoms with van der Waals surface area (Å²) in [5.41, 5.74) is 11.7. The van der Waals surface area contributed by atoms with E-state index in [1.807, 2.05) is 60.7 Å². The van der Waals surface area contributed by atoms with Gasteiger partial charge >= 0.3 is 0 Å². The fraction of sp³-hybridized carbons (Fsp3) is 0.133. The predicted molar refractivity (Wildman–Crippen MR) is 147 cm³/mol. The number of amides is 2. The van der Waals surface area contributed by atoms with E-state index in [1.165, 1.54) is 0 Å². The molecular weight excluding hydrogens is 500 g/mol. The topological polar surface area (TPSA) is 72.2 Å². The largest absolute Gasteiger partial charge is 0.366 e. The van der Waals surface area contributed by atoms with Crippen LogP contribution in [0.15, 0.2) is 95.5 Å². The highest BCUT2D eigenvalue weighted by molar-refractivity contribution is 9.10. The molecule has 4 aromatic rings. The fourth-order valence-corrected chi connectivity index (χ4v) is 4.40. The first-order valence-corrected chi connectivity index (χ1v) is 12.1. The highest BCUT2D eigenvalue weighted by atomic mass is 79.9. The van der Waals surface area contributed by atoms with Crippen molar-refractivity contribution in [2.75, 3.05) is 5.32 Å². The van der Waals surface area contributed by atoms with Crippen molar-refractivity contribution in [3.05, 3.63) is 112 Å². The molecule has 35 heavy (non-hydrogen) atoms. The Labute approximate surface area is 214 Å². The van der Waals surface area contributed by atoms with Gasteiger partial charge in [0.1, 0.15) is 0 Å². The minimum absolute atomic E-state index is 0.0149. The number of nitrogens with two attached hydrogens (primary N) is 1. The van der Waals surface area contributed by atoms with Crippen LogP contribution in [0.1, 0.15) is 47.1 Å². The van der Waals surface area contributed by atoms with E-state index in [1.54, 1.807) is 18.2 Å². The molecule has 0 aromatic heterocycles. The molecule has 4 nitrogen and oxygen atoms in total. The predicted octanol–water partition coefficient (Wildman–Crippen LogP) is 7.43. The third-order valence-electron chi connectivity index (χ3n) is 5.92. The standard InChI is InChI=1S/C30H27BrN2O2/c1-30(2,3)23-15-13-22(14-16-23)29(35)33-27-25(17-24(31)18-26(27)28(32)34)21-11-9-20(10-12-21)19-7-5-4-6-8-19/h4-18H,1-3H3,(H2,32,34)(H,33,35). The summed E-state index contributed by atoms with van der Waals surface area (Å²) in [6, 6.07) is 29.1. The number of primary amides is 1. The van der Waals surface area contributed by atoms with E-state index in [-0.39, 0.29) is 16.9 Å². The molecular formula is C30H27BrN2O2. The lowest BCUT2D eigenvalue weighted by Crippen LogP contribution is -2.19. The van der Waals surface area contributed by atoms with Crippen molar-refractivity contribution in [3.63, 3.8) is 0 Å². The normalized spacial score (nSPS) is 11.2. The van der Waals surface area contributed by atoms with E-state index in [4.69, 9.17) is 5.73 Å². The molecule has 0 aliphatic carbocycles. The summed E-state index contributed by atoms with van der Waals surface area (Å²) in [6.45, 7) is 6.37. The highest BCUT2D eigenvalue weighted by Crippen LogP contribution is 2.36. The molecule has 176 valence electrons. The van der Waals surface area contributed by atoms with Gasteiger partial charge in [-0.25, -0.2) is 0 Å². The molecule has 4 aromatic carbocycles. The molecule has 4 rings (SSSR count). The van der Waals surface area contributed by atoms with Gasteiger partial charge < -0.3 is 11.1 Å². The Morgan fingerprint density at radius 3 is 1.91 bits per heavy atom. The van der Waals surface area contributed by atoms with Crippen molar-refractivity contribution < 1.29 is 9.59 Å². The number of anilines is 1. The van der Waals surface area contributed by atoms with Gasteiger partial charge in [0.15, 0.2) is 0 Å². The zero-order valence-electron chi connectivity index (χ0n) is 19.9. The number of halogens is 1. The van der Waals surface area contributed by atoms with Crippen LogP contribution < -0.4 is 11.1 Å². The number of hydrogen-bond acceptors (Lipinski definition) is 2. The van der Waals surface area contributed by atoms with Gasteiger partial charge in [-0.15, -0.1) is 0 Å². The SMILES string of the molecule is CC(C)(C)c1ccc(C(=O)Nc2c(C(N)=O)cc(Br)cc2-c2ccc(-c3ccccc3)cc2)cc1. The highest BCUT2D eigenvalue weighted by Gasteiger charge is 2.20. The van der Waals surface area contributed by atoms with Crippen LogP contribution in [-0.2, 0) is 5.41 Å². The third-order valence-corrected chi connectivity index (χ3v) is 6.38. The van der Waals surface area contributed by atoms with Crippen LogP contribution in [0.4, 0.5) is 5.69 Å². The van der Waals surface area contributed by atoms with Gasteiger partial charge in [-0.05, 0) is 51.9 Å². The number of carbonyl (C=O) groups is 2. The number of nitrogens with one attached hydrogen (secondary N) is 1. The minimum atomic E-state index is -0.619. The number of carbonyl (C=O) groups excluding carboxylic acids is 2. The smallest absolute Gasteiger partial charge is 0.255 e. The zero-order valence-corrected chi connectivity index (χ0v) is 21.5. The maximum absolute atomic E-state index is 13.2. The summed E-state index contributed by atoms with van der Waals surface area (Å²) in [5.74, 6) is -0.927. The summed E-state index contributed by atoms with van der Waals surface area (Å²) in [4.78, 5) is 25.5. The second-order valence-electron chi connectivity index (χ2n) is 9.47. The molecule has 0 saturated carbocycles. The van der Waals surface area contributed by atoms with Crippen molar-refractivity contribution in [2.24, 2.45) is 5.73 Å². The average molecular weight is 527 g/mol. The second-order valence-corrected chi connectivity index (χ2v) is 10.4. The fourth-order valence-electron chi connectivity index (χ4n) is 3.94. The maximum Gasteiger partial charge on any atom is 0.255 e. The van der Waals surface area contributed by atoms with Crippen LogP contribution in [0.3, 0.4) is 0 Å². The summed E-state index contributed by atoms with van der Waals surface area (Å²) < 4.78 is 0.695. The summed E-state index contributed by atoms with van der Waals surface area (Å²) in [5, 5.41) is 2.95. The molecule has 2 amide bonds. The molecule has 0 fully saturated rings. The van der Waals surface area contributed by atoms with Gasteiger partial charge in [0, 0.05) is 15.6 Å². The van der Waals surface area contributed by atoms with Crippen LogP contribution in [0, 0.1) is 0 Å². The molecule has 0 saturated heterocycles. The molecule has 0 spiro atoms. The molecule has 3 N–H and O–H groups in total. The van der Waals surface area contributed by atoms with E-state index in [2.05, 4.69) is 54.2 Å². The molecule has 0 atom stereocenters. The van der Waals surface area contributed by atoms with Gasteiger partial charge in [-0.1, -0.05) is 103 Å². The lowest BCUT2D eigenvalue weighted by atomic mass is 9.86. The molecule has 0 unspecified atom stereocenters. The zero-order chi connectivity index (χ0) is 25.2. The van der Waals surface area contributed by atoms with E-state index < -0.39 is 5.91 Å². The quantitative estimate of drug-likeness (QED) is 0.283. The van der Waals surface area contributed by atoms with Crippen molar-refractivity contribution in [1.29, 1.82) is 0 Å².